The lowest BCUT2D eigenvalue weighted by Crippen LogP contribution is -2.28. The Morgan fingerprint density at radius 1 is 1.25 bits per heavy atom. The molecule has 28 heavy (non-hydrogen) atoms. The molecule has 0 bridgehead atoms. The van der Waals surface area contributed by atoms with Crippen molar-refractivity contribution < 1.29 is 0 Å². The van der Waals surface area contributed by atoms with E-state index in [1.807, 2.05) is 50.4 Å². The number of nitrogens with zero attached hydrogens (tertiary/aromatic N) is 5. The highest BCUT2D eigenvalue weighted by Gasteiger charge is 2.25. The average molecular weight is 372 g/mol. The summed E-state index contributed by atoms with van der Waals surface area (Å²) in [5.41, 5.74) is 10.5. The highest BCUT2D eigenvalue weighted by atomic mass is 16.1. The number of aryl methyl sites for hydroxylation is 2. The second-order valence-corrected chi connectivity index (χ2v) is 7.30. The number of pyridine rings is 1. The van der Waals surface area contributed by atoms with Crippen molar-refractivity contribution in [2.24, 2.45) is 5.73 Å². The van der Waals surface area contributed by atoms with Crippen molar-refractivity contribution in [2.45, 2.75) is 32.9 Å². The Bertz CT molecular complexity index is 1270. The van der Waals surface area contributed by atoms with E-state index in [0.717, 1.165) is 28.2 Å². The monoisotopic (exact) mass is 372 g/mol. The molecule has 1 aliphatic rings. The minimum atomic E-state index is -0.211. The van der Waals surface area contributed by atoms with Crippen LogP contribution in [0.15, 0.2) is 47.5 Å². The van der Waals surface area contributed by atoms with Gasteiger partial charge in [-0.05, 0) is 43.2 Å². The molecule has 0 spiro atoms. The van der Waals surface area contributed by atoms with Gasteiger partial charge in [0.15, 0.2) is 5.82 Å². The molecule has 0 saturated carbocycles. The van der Waals surface area contributed by atoms with Gasteiger partial charge in [0.25, 0.3) is 5.56 Å². The predicted octanol–water partition coefficient (Wildman–Crippen LogP) is 2.53. The molecule has 5 rings (SSSR count). The minimum Gasteiger partial charge on any atom is -0.324 e. The van der Waals surface area contributed by atoms with E-state index in [2.05, 4.69) is 10.1 Å². The first-order valence-corrected chi connectivity index (χ1v) is 9.34. The van der Waals surface area contributed by atoms with Crippen molar-refractivity contribution in [2.75, 3.05) is 0 Å². The van der Waals surface area contributed by atoms with Crippen LogP contribution in [0.1, 0.15) is 29.8 Å². The maximum Gasteiger partial charge on any atom is 0.261 e. The van der Waals surface area contributed by atoms with Gasteiger partial charge in [-0.1, -0.05) is 12.1 Å². The van der Waals surface area contributed by atoms with E-state index in [9.17, 15) is 4.79 Å². The summed E-state index contributed by atoms with van der Waals surface area (Å²) < 4.78 is 3.50. The molecular formula is C21H20N6O. The lowest BCUT2D eigenvalue weighted by Gasteiger charge is -2.19. The SMILES string of the molecule is Cc1cc([C@@H](C)N)c2nc3n(c(=O)c2c1)CCc1nn(-c2ccccn2)cc1-3. The summed E-state index contributed by atoms with van der Waals surface area (Å²) in [7, 11) is 0. The molecule has 0 saturated heterocycles. The van der Waals surface area contributed by atoms with E-state index >= 15 is 0 Å². The Morgan fingerprint density at radius 2 is 2.11 bits per heavy atom. The van der Waals surface area contributed by atoms with Crippen molar-refractivity contribution in [3.05, 3.63) is 69.9 Å². The van der Waals surface area contributed by atoms with Crippen LogP contribution in [0.25, 0.3) is 28.1 Å². The second kappa shape index (κ2) is 6.10. The van der Waals surface area contributed by atoms with Crippen LogP contribution in [0.2, 0.25) is 0 Å². The first kappa shape index (κ1) is 16.8. The molecule has 1 aliphatic heterocycles. The van der Waals surface area contributed by atoms with E-state index in [0.29, 0.717) is 29.7 Å². The van der Waals surface area contributed by atoms with Crippen LogP contribution in [-0.4, -0.2) is 24.3 Å². The second-order valence-electron chi connectivity index (χ2n) is 7.30. The summed E-state index contributed by atoms with van der Waals surface area (Å²) >= 11 is 0. The summed E-state index contributed by atoms with van der Waals surface area (Å²) in [6, 6.07) is 9.39. The maximum absolute atomic E-state index is 13.2. The van der Waals surface area contributed by atoms with Crippen molar-refractivity contribution in [3.8, 4) is 17.2 Å². The van der Waals surface area contributed by atoms with E-state index in [-0.39, 0.29) is 11.6 Å². The van der Waals surface area contributed by atoms with Crippen molar-refractivity contribution in [1.82, 2.24) is 24.3 Å². The Hall–Kier alpha value is -3.32. The summed E-state index contributed by atoms with van der Waals surface area (Å²) in [5.74, 6) is 1.38. The number of aromatic nitrogens is 5. The Balaban J connectivity index is 1.78. The van der Waals surface area contributed by atoms with Gasteiger partial charge in [-0.15, -0.1) is 0 Å². The van der Waals surface area contributed by atoms with Crippen molar-refractivity contribution in [1.29, 1.82) is 0 Å². The van der Waals surface area contributed by atoms with Crippen molar-refractivity contribution >= 4 is 10.9 Å². The number of nitrogens with two attached hydrogens (primary N) is 1. The maximum atomic E-state index is 13.2. The Morgan fingerprint density at radius 3 is 2.86 bits per heavy atom. The molecule has 4 aromatic rings. The third kappa shape index (κ3) is 2.47. The molecule has 0 fully saturated rings. The fraction of sp³-hybridized carbons (Fsp3) is 0.238. The Kier molecular flexibility index (Phi) is 3.67. The van der Waals surface area contributed by atoms with Crippen molar-refractivity contribution in [3.63, 3.8) is 0 Å². The van der Waals surface area contributed by atoms with Gasteiger partial charge >= 0.3 is 0 Å². The molecule has 1 aromatic carbocycles. The molecule has 7 heteroatoms. The molecule has 7 nitrogen and oxygen atoms in total. The van der Waals surface area contributed by atoms with E-state index in [1.165, 1.54) is 0 Å². The van der Waals surface area contributed by atoms with Crippen LogP contribution in [-0.2, 0) is 13.0 Å². The van der Waals surface area contributed by atoms with Crippen LogP contribution in [0.5, 0.6) is 0 Å². The normalized spacial score (nSPS) is 14.0. The molecule has 1 atom stereocenters. The van der Waals surface area contributed by atoms with E-state index in [4.69, 9.17) is 10.7 Å². The third-order valence-corrected chi connectivity index (χ3v) is 5.21. The lowest BCUT2D eigenvalue weighted by molar-refractivity contribution is 0.638. The topological polar surface area (TPSA) is 91.6 Å². The first-order chi connectivity index (χ1) is 13.5. The highest BCUT2D eigenvalue weighted by molar-refractivity contribution is 5.84. The molecule has 0 radical (unpaired) electrons. The zero-order chi connectivity index (χ0) is 19.4. The standard InChI is InChI=1S/C21H20N6O/c1-12-9-14(13(2)22)19-15(10-12)21(28)26-8-6-17-16(20(26)24-19)11-27(25-17)18-5-3-4-7-23-18/h3-5,7,9-11,13H,6,8,22H2,1-2H3/t13-/m1/s1. The number of hydrogen-bond donors (Lipinski definition) is 1. The van der Waals surface area contributed by atoms with Gasteiger partial charge in [-0.25, -0.2) is 14.6 Å². The third-order valence-electron chi connectivity index (χ3n) is 5.21. The quantitative estimate of drug-likeness (QED) is 0.584. The molecule has 0 amide bonds. The van der Waals surface area contributed by atoms with Gasteiger partial charge < -0.3 is 5.73 Å². The van der Waals surface area contributed by atoms with Gasteiger partial charge in [0.1, 0.15) is 5.82 Å². The summed E-state index contributed by atoms with van der Waals surface area (Å²) in [6.45, 7) is 4.45. The largest absolute Gasteiger partial charge is 0.324 e. The minimum absolute atomic E-state index is 0.0261. The number of fused-ring (bicyclic) bond motifs is 4. The number of benzene rings is 1. The first-order valence-electron chi connectivity index (χ1n) is 9.34. The summed E-state index contributed by atoms with van der Waals surface area (Å²) in [6.07, 6.45) is 4.32. The van der Waals surface area contributed by atoms with Crippen LogP contribution < -0.4 is 11.3 Å². The Labute approximate surface area is 161 Å². The van der Waals surface area contributed by atoms with Crippen LogP contribution in [0, 0.1) is 6.92 Å². The van der Waals surface area contributed by atoms with Gasteiger partial charge in [0.2, 0.25) is 0 Å². The van der Waals surface area contributed by atoms with E-state index < -0.39 is 0 Å². The highest BCUT2D eigenvalue weighted by Crippen LogP contribution is 2.30. The number of hydrogen-bond acceptors (Lipinski definition) is 5. The van der Waals surface area contributed by atoms with E-state index in [1.54, 1.807) is 15.4 Å². The van der Waals surface area contributed by atoms with Crippen LogP contribution >= 0.6 is 0 Å². The van der Waals surface area contributed by atoms with Crippen LogP contribution in [0.4, 0.5) is 0 Å². The molecule has 3 aromatic heterocycles. The predicted molar refractivity (Wildman–Crippen MR) is 107 cm³/mol. The zero-order valence-corrected chi connectivity index (χ0v) is 15.8. The van der Waals surface area contributed by atoms with Gasteiger partial charge in [-0.2, -0.15) is 5.10 Å². The molecule has 2 N–H and O–H groups in total. The molecule has 0 unspecified atom stereocenters. The molecular weight excluding hydrogens is 352 g/mol. The van der Waals surface area contributed by atoms with Gasteiger partial charge in [-0.3, -0.25) is 9.36 Å². The molecule has 4 heterocycles. The smallest absolute Gasteiger partial charge is 0.261 e. The average Bonchev–Trinajstić information content (AvgIpc) is 3.13. The lowest BCUT2D eigenvalue weighted by atomic mass is 10.0. The molecule has 0 aliphatic carbocycles. The summed E-state index contributed by atoms with van der Waals surface area (Å²) in [4.78, 5) is 22.5. The van der Waals surface area contributed by atoms with Gasteiger partial charge in [0.05, 0.1) is 22.2 Å². The fourth-order valence-corrected chi connectivity index (χ4v) is 3.87. The number of rotatable bonds is 2. The zero-order valence-electron chi connectivity index (χ0n) is 15.8. The fourth-order valence-electron chi connectivity index (χ4n) is 3.87. The van der Waals surface area contributed by atoms with Gasteiger partial charge in [0, 0.05) is 31.4 Å². The van der Waals surface area contributed by atoms with Crippen LogP contribution in [0.3, 0.4) is 0 Å². The summed E-state index contributed by atoms with van der Waals surface area (Å²) in [5, 5.41) is 5.30. The molecule has 140 valence electrons.